The number of aromatic nitrogens is 2. The highest BCUT2D eigenvalue weighted by molar-refractivity contribution is 5.87. The Morgan fingerprint density at radius 2 is 1.76 bits per heavy atom. The van der Waals surface area contributed by atoms with Crippen LogP contribution in [0.25, 0.3) is 27.7 Å². The lowest BCUT2D eigenvalue weighted by molar-refractivity contribution is 0.817. The van der Waals surface area contributed by atoms with E-state index < -0.39 is 0 Å². The number of rotatable bonds is 2. The third-order valence-electron chi connectivity index (χ3n) is 5.78. The van der Waals surface area contributed by atoms with Gasteiger partial charge in [-0.15, -0.1) is 0 Å². The fraction of sp³-hybridized carbons (Fsp3) is 0.208. The standard InChI is InChI=1S/C24H22N4O/c1-16-3-5-17(6-4-16)18-10-12-28(24(29)13-18)19-7-8-20-21-15-26-25-11-9-22(21)27(2)23(20)14-19/h3-8,10,12-14H,9,11,15H2,1-2H3. The Hall–Kier alpha value is -3.47. The molecule has 5 heteroatoms. The third-order valence-corrected chi connectivity index (χ3v) is 5.78. The van der Waals surface area contributed by atoms with Gasteiger partial charge < -0.3 is 4.57 Å². The molecule has 0 radical (unpaired) electrons. The summed E-state index contributed by atoms with van der Waals surface area (Å²) >= 11 is 0. The van der Waals surface area contributed by atoms with Crippen molar-refractivity contribution in [3.8, 4) is 16.8 Å². The zero-order chi connectivity index (χ0) is 20.0. The van der Waals surface area contributed by atoms with Crippen molar-refractivity contribution in [3.63, 3.8) is 0 Å². The lowest BCUT2D eigenvalue weighted by Gasteiger charge is -2.09. The molecule has 0 spiro atoms. The van der Waals surface area contributed by atoms with Crippen LogP contribution in [0.3, 0.4) is 0 Å². The van der Waals surface area contributed by atoms with Crippen LogP contribution in [0.2, 0.25) is 0 Å². The van der Waals surface area contributed by atoms with E-state index in [2.05, 4.69) is 65.2 Å². The summed E-state index contributed by atoms with van der Waals surface area (Å²) in [6.07, 6.45) is 2.76. The Morgan fingerprint density at radius 1 is 0.931 bits per heavy atom. The topological polar surface area (TPSA) is 51.6 Å². The number of fused-ring (bicyclic) bond motifs is 3. The minimum atomic E-state index is -0.0352. The molecule has 0 fully saturated rings. The summed E-state index contributed by atoms with van der Waals surface area (Å²) in [5.74, 6) is 0. The molecule has 0 aliphatic carbocycles. The molecule has 0 N–H and O–H groups in total. The van der Waals surface area contributed by atoms with E-state index in [1.807, 2.05) is 18.3 Å². The largest absolute Gasteiger partial charge is 0.347 e. The van der Waals surface area contributed by atoms with Crippen molar-refractivity contribution in [1.29, 1.82) is 0 Å². The number of azo groups is 1. The first kappa shape index (κ1) is 17.6. The predicted molar refractivity (Wildman–Crippen MR) is 116 cm³/mol. The lowest BCUT2D eigenvalue weighted by atomic mass is 10.1. The molecule has 2 aromatic carbocycles. The first-order valence-corrected chi connectivity index (χ1v) is 9.85. The summed E-state index contributed by atoms with van der Waals surface area (Å²) in [4.78, 5) is 12.9. The van der Waals surface area contributed by atoms with Crippen molar-refractivity contribution in [2.45, 2.75) is 19.9 Å². The molecule has 4 aromatic rings. The molecule has 0 amide bonds. The lowest BCUT2D eigenvalue weighted by Crippen LogP contribution is -2.16. The van der Waals surface area contributed by atoms with Gasteiger partial charge in [0.2, 0.25) is 0 Å². The molecule has 3 heterocycles. The minimum Gasteiger partial charge on any atom is -0.347 e. The highest BCUT2D eigenvalue weighted by atomic mass is 16.1. The molecule has 2 aromatic heterocycles. The van der Waals surface area contributed by atoms with E-state index in [9.17, 15) is 4.79 Å². The Balaban J connectivity index is 1.59. The van der Waals surface area contributed by atoms with Crippen molar-refractivity contribution in [2.75, 3.05) is 6.54 Å². The van der Waals surface area contributed by atoms with E-state index in [-0.39, 0.29) is 5.56 Å². The fourth-order valence-electron chi connectivity index (χ4n) is 4.17. The zero-order valence-corrected chi connectivity index (χ0v) is 16.6. The van der Waals surface area contributed by atoms with Crippen LogP contribution in [0.15, 0.2) is 75.8 Å². The summed E-state index contributed by atoms with van der Waals surface area (Å²) in [5, 5.41) is 9.65. The molecule has 1 aliphatic rings. The van der Waals surface area contributed by atoms with Gasteiger partial charge in [-0.1, -0.05) is 35.9 Å². The smallest absolute Gasteiger partial charge is 0.255 e. The van der Waals surface area contributed by atoms with E-state index in [0.717, 1.165) is 35.3 Å². The van der Waals surface area contributed by atoms with E-state index in [1.165, 1.54) is 22.2 Å². The second-order valence-corrected chi connectivity index (χ2v) is 7.59. The first-order valence-electron chi connectivity index (χ1n) is 9.85. The SMILES string of the molecule is Cc1ccc(-c2ccn(-c3ccc4c5c(n(C)c4c3)CCN=NC5)c(=O)c2)cc1. The number of hydrogen-bond donors (Lipinski definition) is 0. The van der Waals surface area contributed by atoms with Gasteiger partial charge in [-0.25, -0.2) is 0 Å². The summed E-state index contributed by atoms with van der Waals surface area (Å²) in [6.45, 7) is 3.41. The number of pyridine rings is 1. The Labute approximate surface area is 169 Å². The molecule has 144 valence electrons. The third kappa shape index (κ3) is 2.99. The number of aryl methyl sites for hydroxylation is 2. The molecule has 0 unspecified atom stereocenters. The highest BCUT2D eigenvalue weighted by Crippen LogP contribution is 2.30. The van der Waals surface area contributed by atoms with Gasteiger partial charge in [-0.2, -0.15) is 10.2 Å². The van der Waals surface area contributed by atoms with Crippen molar-refractivity contribution in [3.05, 3.63) is 88.0 Å². The maximum atomic E-state index is 12.9. The summed E-state index contributed by atoms with van der Waals surface area (Å²) < 4.78 is 3.92. The van der Waals surface area contributed by atoms with Crippen LogP contribution in [-0.4, -0.2) is 15.7 Å². The molecular formula is C24H22N4O. The highest BCUT2D eigenvalue weighted by Gasteiger charge is 2.17. The average Bonchev–Trinajstić information content (AvgIpc) is 2.89. The van der Waals surface area contributed by atoms with Crippen molar-refractivity contribution in [2.24, 2.45) is 17.3 Å². The molecule has 0 saturated carbocycles. The van der Waals surface area contributed by atoms with Gasteiger partial charge >= 0.3 is 0 Å². The summed E-state index contributed by atoms with van der Waals surface area (Å²) in [5.41, 5.74) is 7.68. The Morgan fingerprint density at radius 3 is 2.55 bits per heavy atom. The average molecular weight is 382 g/mol. The molecule has 0 bridgehead atoms. The molecule has 5 rings (SSSR count). The number of hydrogen-bond acceptors (Lipinski definition) is 3. The minimum absolute atomic E-state index is 0.0352. The van der Waals surface area contributed by atoms with E-state index in [0.29, 0.717) is 6.54 Å². The van der Waals surface area contributed by atoms with E-state index in [4.69, 9.17) is 0 Å². The monoisotopic (exact) mass is 382 g/mol. The first-order chi connectivity index (χ1) is 14.1. The van der Waals surface area contributed by atoms with Crippen LogP contribution >= 0.6 is 0 Å². The van der Waals surface area contributed by atoms with Crippen molar-refractivity contribution in [1.82, 2.24) is 9.13 Å². The molecule has 0 atom stereocenters. The van der Waals surface area contributed by atoms with Crippen LogP contribution in [0, 0.1) is 6.92 Å². The fourth-order valence-corrected chi connectivity index (χ4v) is 4.17. The van der Waals surface area contributed by atoms with Gasteiger partial charge in [0, 0.05) is 42.4 Å². The molecule has 0 saturated heterocycles. The Kier molecular flexibility index (Phi) is 4.16. The Bertz CT molecular complexity index is 1310. The van der Waals surface area contributed by atoms with Gasteiger partial charge in [0.05, 0.1) is 24.3 Å². The van der Waals surface area contributed by atoms with Gasteiger partial charge in [0.15, 0.2) is 0 Å². The summed E-state index contributed by atoms with van der Waals surface area (Å²) in [7, 11) is 2.08. The second kappa shape index (κ2) is 6.85. The van der Waals surface area contributed by atoms with Crippen molar-refractivity contribution < 1.29 is 0 Å². The summed E-state index contributed by atoms with van der Waals surface area (Å²) in [6, 6.07) is 18.1. The predicted octanol–water partition coefficient (Wildman–Crippen LogP) is 4.81. The zero-order valence-electron chi connectivity index (χ0n) is 16.6. The van der Waals surface area contributed by atoms with Crippen LogP contribution in [0.5, 0.6) is 0 Å². The quantitative estimate of drug-likeness (QED) is 0.491. The normalized spacial score (nSPS) is 13.4. The maximum Gasteiger partial charge on any atom is 0.255 e. The molecule has 5 nitrogen and oxygen atoms in total. The van der Waals surface area contributed by atoms with Crippen molar-refractivity contribution >= 4 is 10.9 Å². The molecular weight excluding hydrogens is 360 g/mol. The molecule has 29 heavy (non-hydrogen) atoms. The van der Waals surface area contributed by atoms with Gasteiger partial charge in [-0.3, -0.25) is 9.36 Å². The van der Waals surface area contributed by atoms with E-state index >= 15 is 0 Å². The second-order valence-electron chi connectivity index (χ2n) is 7.59. The van der Waals surface area contributed by atoms with Gasteiger partial charge in [0.25, 0.3) is 5.56 Å². The van der Waals surface area contributed by atoms with Crippen LogP contribution in [0.1, 0.15) is 16.8 Å². The maximum absolute atomic E-state index is 12.9. The van der Waals surface area contributed by atoms with Gasteiger partial charge in [-0.05, 0) is 36.2 Å². The van der Waals surface area contributed by atoms with Crippen LogP contribution < -0.4 is 5.56 Å². The number of nitrogens with zero attached hydrogens (tertiary/aromatic N) is 4. The van der Waals surface area contributed by atoms with Crippen LogP contribution in [0.4, 0.5) is 0 Å². The van der Waals surface area contributed by atoms with Gasteiger partial charge in [0.1, 0.15) is 0 Å². The van der Waals surface area contributed by atoms with Crippen LogP contribution in [-0.2, 0) is 20.0 Å². The number of benzene rings is 2. The van der Waals surface area contributed by atoms with E-state index in [1.54, 1.807) is 10.6 Å². The molecule has 1 aliphatic heterocycles.